The molecule has 1 saturated heterocycles. The predicted octanol–water partition coefficient (Wildman–Crippen LogP) is 1.58. The van der Waals surface area contributed by atoms with E-state index in [1.807, 2.05) is 26.0 Å². The second kappa shape index (κ2) is 5.79. The fraction of sp³-hybridized carbons (Fsp3) is 0.500. The minimum atomic E-state index is 0.0308. The quantitative estimate of drug-likeness (QED) is 0.762. The van der Waals surface area contributed by atoms with Crippen LogP contribution in [0.4, 0.5) is 5.00 Å². The fourth-order valence-corrected chi connectivity index (χ4v) is 2.74. The molecule has 1 fully saturated rings. The molecule has 1 aliphatic rings. The van der Waals surface area contributed by atoms with Crippen LogP contribution in [0.5, 0.6) is 0 Å². The third-order valence-corrected chi connectivity index (χ3v) is 3.53. The molecule has 7 heteroatoms. The smallest absolute Gasteiger partial charge is 0.140 e. The molecule has 0 aromatic carbocycles. The zero-order valence-electron chi connectivity index (χ0n) is 10.7. The van der Waals surface area contributed by atoms with Crippen LogP contribution >= 0.6 is 11.5 Å². The van der Waals surface area contributed by atoms with Gasteiger partial charge in [0.05, 0.1) is 12.2 Å². The predicted molar refractivity (Wildman–Crippen MR) is 71.3 cm³/mol. The second-order valence-electron chi connectivity index (χ2n) is 4.41. The summed E-state index contributed by atoms with van der Waals surface area (Å²) in [5.41, 5.74) is 0.604. The van der Waals surface area contributed by atoms with Crippen molar-refractivity contribution >= 4 is 22.6 Å². The van der Waals surface area contributed by atoms with Gasteiger partial charge in [-0.15, -0.1) is 5.10 Å². The lowest BCUT2D eigenvalue weighted by atomic mass is 10.2. The molecule has 2 unspecified atom stereocenters. The molecule has 0 spiro atoms. The minimum absolute atomic E-state index is 0.0308. The van der Waals surface area contributed by atoms with Gasteiger partial charge in [0.2, 0.25) is 0 Å². The van der Waals surface area contributed by atoms with Crippen molar-refractivity contribution in [2.45, 2.75) is 26.1 Å². The number of rotatable bonds is 2. The van der Waals surface area contributed by atoms with Gasteiger partial charge in [-0.1, -0.05) is 4.49 Å². The van der Waals surface area contributed by atoms with E-state index in [1.54, 1.807) is 0 Å². The first-order chi connectivity index (χ1) is 9.13. The third kappa shape index (κ3) is 3.08. The maximum atomic E-state index is 8.79. The molecule has 0 bridgehead atoms. The first kappa shape index (κ1) is 13.5. The summed E-state index contributed by atoms with van der Waals surface area (Å²) in [7, 11) is 0. The number of nitriles is 2. The van der Waals surface area contributed by atoms with Crippen LogP contribution in [0.2, 0.25) is 0 Å². The molecular weight excluding hydrogens is 262 g/mol. The van der Waals surface area contributed by atoms with E-state index in [-0.39, 0.29) is 17.8 Å². The summed E-state index contributed by atoms with van der Waals surface area (Å²) >= 11 is 1.27. The number of ether oxygens (including phenoxy) is 1. The number of nitrogens with zero attached hydrogens (tertiary/aromatic N) is 5. The molecule has 1 aromatic heterocycles. The molecule has 0 N–H and O–H groups in total. The highest BCUT2D eigenvalue weighted by atomic mass is 32.1. The summed E-state index contributed by atoms with van der Waals surface area (Å²) in [6.07, 6.45) is 1.74. The molecule has 98 valence electrons. The number of anilines is 1. The molecule has 0 aliphatic carbocycles. The van der Waals surface area contributed by atoms with Crippen LogP contribution < -0.4 is 4.90 Å². The number of aromatic nitrogens is 2. The molecule has 19 heavy (non-hydrogen) atoms. The van der Waals surface area contributed by atoms with E-state index in [1.165, 1.54) is 17.6 Å². The van der Waals surface area contributed by atoms with Crippen LogP contribution in [0.15, 0.2) is 5.57 Å². The van der Waals surface area contributed by atoms with Crippen LogP contribution in [0.3, 0.4) is 0 Å². The lowest BCUT2D eigenvalue weighted by Crippen LogP contribution is -2.45. The van der Waals surface area contributed by atoms with Gasteiger partial charge >= 0.3 is 0 Å². The fourth-order valence-electron chi connectivity index (χ4n) is 2.07. The molecule has 2 heterocycles. The lowest BCUT2D eigenvalue weighted by Gasteiger charge is -2.35. The van der Waals surface area contributed by atoms with Crippen LogP contribution in [0, 0.1) is 22.7 Å². The van der Waals surface area contributed by atoms with Crippen LogP contribution in [-0.2, 0) is 4.74 Å². The monoisotopic (exact) mass is 275 g/mol. The first-order valence-electron chi connectivity index (χ1n) is 5.88. The zero-order valence-corrected chi connectivity index (χ0v) is 11.5. The van der Waals surface area contributed by atoms with Gasteiger partial charge in [-0.2, -0.15) is 10.5 Å². The van der Waals surface area contributed by atoms with Crippen molar-refractivity contribution in [2.24, 2.45) is 0 Å². The van der Waals surface area contributed by atoms with Crippen molar-refractivity contribution in [3.05, 3.63) is 11.3 Å². The topological polar surface area (TPSA) is 85.8 Å². The Morgan fingerprint density at radius 1 is 1.37 bits per heavy atom. The average molecular weight is 275 g/mol. The number of allylic oxidation sites excluding steroid dienone is 1. The highest BCUT2D eigenvalue weighted by Gasteiger charge is 2.25. The first-order valence-corrected chi connectivity index (χ1v) is 6.66. The largest absolute Gasteiger partial charge is 0.372 e. The van der Waals surface area contributed by atoms with Crippen LogP contribution in [0.1, 0.15) is 19.5 Å². The van der Waals surface area contributed by atoms with Gasteiger partial charge < -0.3 is 9.64 Å². The standard InChI is InChI=1S/C12H13N5OS/c1-8-6-17(7-9(2)18-8)12-11(15-16-19-12)3-10(4-13)5-14/h3,8-9H,6-7H2,1-2H3. The van der Waals surface area contributed by atoms with Gasteiger partial charge in [0.15, 0.2) is 0 Å². The molecule has 2 rings (SSSR count). The normalized spacial score (nSPS) is 22.4. The van der Waals surface area contributed by atoms with E-state index in [9.17, 15) is 0 Å². The van der Waals surface area contributed by atoms with Crippen LogP contribution in [0.25, 0.3) is 6.08 Å². The van der Waals surface area contributed by atoms with Gasteiger partial charge in [0, 0.05) is 24.6 Å². The third-order valence-electron chi connectivity index (χ3n) is 2.72. The minimum Gasteiger partial charge on any atom is -0.372 e. The van der Waals surface area contributed by atoms with Gasteiger partial charge in [0.1, 0.15) is 28.4 Å². The summed E-state index contributed by atoms with van der Waals surface area (Å²) < 4.78 is 9.59. The molecular formula is C12H13N5OS. The number of hydrogen-bond donors (Lipinski definition) is 0. The Bertz CT molecular complexity index is 541. The Hall–Kier alpha value is -1.96. The molecule has 0 amide bonds. The van der Waals surface area contributed by atoms with Crippen molar-refractivity contribution in [3.8, 4) is 12.1 Å². The molecule has 1 aliphatic heterocycles. The number of hydrogen-bond acceptors (Lipinski definition) is 7. The molecule has 1 aromatic rings. The Balaban J connectivity index is 2.28. The van der Waals surface area contributed by atoms with Crippen molar-refractivity contribution in [3.63, 3.8) is 0 Å². The zero-order chi connectivity index (χ0) is 13.8. The van der Waals surface area contributed by atoms with Gasteiger partial charge in [-0.25, -0.2) is 0 Å². The Labute approximate surface area is 115 Å². The maximum Gasteiger partial charge on any atom is 0.140 e. The summed E-state index contributed by atoms with van der Waals surface area (Å²) in [6.45, 7) is 5.54. The second-order valence-corrected chi connectivity index (χ2v) is 5.14. The number of morpholine rings is 1. The van der Waals surface area contributed by atoms with Gasteiger partial charge in [-0.3, -0.25) is 0 Å². The summed E-state index contributed by atoms with van der Waals surface area (Å²) in [4.78, 5) is 2.14. The maximum absolute atomic E-state index is 8.79. The van der Waals surface area contributed by atoms with E-state index in [2.05, 4.69) is 14.5 Å². The molecule has 0 saturated carbocycles. The van der Waals surface area contributed by atoms with E-state index >= 15 is 0 Å². The molecule has 2 atom stereocenters. The summed E-state index contributed by atoms with van der Waals surface area (Å²) in [5.74, 6) is 0. The Morgan fingerprint density at radius 2 is 2.00 bits per heavy atom. The van der Waals surface area contributed by atoms with Gasteiger partial charge in [-0.05, 0) is 19.9 Å². The lowest BCUT2D eigenvalue weighted by molar-refractivity contribution is -0.00502. The van der Waals surface area contributed by atoms with Gasteiger partial charge in [0.25, 0.3) is 0 Å². The van der Waals surface area contributed by atoms with E-state index in [0.717, 1.165) is 18.1 Å². The highest BCUT2D eigenvalue weighted by molar-refractivity contribution is 7.10. The van der Waals surface area contributed by atoms with E-state index < -0.39 is 0 Å². The van der Waals surface area contributed by atoms with E-state index in [0.29, 0.717) is 5.69 Å². The Morgan fingerprint density at radius 3 is 2.58 bits per heavy atom. The average Bonchev–Trinajstić information content (AvgIpc) is 2.82. The molecule has 0 radical (unpaired) electrons. The Kier molecular flexibility index (Phi) is 4.10. The van der Waals surface area contributed by atoms with Crippen molar-refractivity contribution in [1.82, 2.24) is 9.59 Å². The van der Waals surface area contributed by atoms with E-state index in [4.69, 9.17) is 15.3 Å². The van der Waals surface area contributed by atoms with Crippen molar-refractivity contribution in [1.29, 1.82) is 10.5 Å². The molecule has 6 nitrogen and oxygen atoms in total. The SMILES string of the molecule is CC1CN(c2snnc2C=C(C#N)C#N)CC(C)O1. The van der Waals surface area contributed by atoms with Crippen molar-refractivity contribution in [2.75, 3.05) is 18.0 Å². The van der Waals surface area contributed by atoms with Crippen molar-refractivity contribution < 1.29 is 4.74 Å². The highest BCUT2D eigenvalue weighted by Crippen LogP contribution is 2.28. The summed E-state index contributed by atoms with van der Waals surface area (Å²) in [5, 5.41) is 22.4. The summed E-state index contributed by atoms with van der Waals surface area (Å²) in [6, 6.07) is 3.66. The van der Waals surface area contributed by atoms with Crippen LogP contribution in [-0.4, -0.2) is 34.9 Å².